The summed E-state index contributed by atoms with van der Waals surface area (Å²) < 4.78 is 39.5. The Morgan fingerprint density at radius 1 is 1.26 bits per heavy atom. The van der Waals surface area contributed by atoms with Crippen LogP contribution in [0, 0.1) is 5.82 Å². The Balaban J connectivity index is 1.94. The van der Waals surface area contributed by atoms with Gasteiger partial charge in [0.15, 0.2) is 0 Å². The second kappa shape index (κ2) is 8.12. The van der Waals surface area contributed by atoms with Crippen LogP contribution in [0.3, 0.4) is 0 Å². The van der Waals surface area contributed by atoms with Crippen molar-refractivity contribution in [2.75, 3.05) is 37.7 Å². The number of hydrogen-bond donors (Lipinski definition) is 0. The summed E-state index contributed by atoms with van der Waals surface area (Å²) in [6, 6.07) is 5.00. The van der Waals surface area contributed by atoms with Gasteiger partial charge in [0.1, 0.15) is 5.82 Å². The molecule has 0 atom stereocenters. The number of halogens is 1. The summed E-state index contributed by atoms with van der Waals surface area (Å²) in [4.78, 5) is 13.7. The Morgan fingerprint density at radius 3 is 2.57 bits per heavy atom. The molecule has 1 aromatic rings. The van der Waals surface area contributed by atoms with Gasteiger partial charge < -0.3 is 4.90 Å². The Labute approximate surface area is 140 Å². The number of benzene rings is 1. The molecule has 128 valence electrons. The van der Waals surface area contributed by atoms with Crippen LogP contribution in [0.2, 0.25) is 0 Å². The average Bonchev–Trinajstić information content (AvgIpc) is 2.55. The number of rotatable bonds is 6. The van der Waals surface area contributed by atoms with E-state index in [4.69, 9.17) is 0 Å². The lowest BCUT2D eigenvalue weighted by Gasteiger charge is -2.34. The summed E-state index contributed by atoms with van der Waals surface area (Å²) in [6.07, 6.45) is 1.03. The lowest BCUT2D eigenvalue weighted by molar-refractivity contribution is -0.129. The van der Waals surface area contributed by atoms with Gasteiger partial charge in [0, 0.05) is 26.2 Å². The molecule has 0 saturated carbocycles. The number of amides is 1. The zero-order valence-electron chi connectivity index (χ0n) is 13.1. The standard InChI is InChI=1S/C15H21FN2O3S2/c1-2-10-22-12-15(19)17-6-8-18(9-7-17)23(20,21)14-5-3-4-13(16)11-14/h3-5,11H,2,6-10,12H2,1H3. The summed E-state index contributed by atoms with van der Waals surface area (Å²) >= 11 is 1.60. The molecular formula is C15H21FN2O3S2. The van der Waals surface area contributed by atoms with Gasteiger partial charge in [0.05, 0.1) is 10.6 Å². The van der Waals surface area contributed by atoms with Crippen molar-refractivity contribution in [2.45, 2.75) is 18.2 Å². The van der Waals surface area contributed by atoms with Gasteiger partial charge in [0.2, 0.25) is 15.9 Å². The number of carbonyl (C=O) groups excluding carboxylic acids is 1. The number of carbonyl (C=O) groups is 1. The maximum Gasteiger partial charge on any atom is 0.243 e. The van der Waals surface area contributed by atoms with Crippen molar-refractivity contribution in [1.29, 1.82) is 0 Å². The first-order chi connectivity index (χ1) is 10.9. The summed E-state index contributed by atoms with van der Waals surface area (Å²) in [7, 11) is -3.70. The summed E-state index contributed by atoms with van der Waals surface area (Å²) in [5.74, 6) is 0.850. The first-order valence-corrected chi connectivity index (χ1v) is 10.2. The molecule has 0 spiro atoms. The highest BCUT2D eigenvalue weighted by Crippen LogP contribution is 2.18. The first-order valence-electron chi connectivity index (χ1n) is 7.56. The molecule has 1 saturated heterocycles. The van der Waals surface area contributed by atoms with E-state index in [2.05, 4.69) is 6.92 Å². The number of thioether (sulfide) groups is 1. The van der Waals surface area contributed by atoms with Crippen LogP contribution < -0.4 is 0 Å². The van der Waals surface area contributed by atoms with Crippen LogP contribution in [0.15, 0.2) is 29.2 Å². The molecule has 1 amide bonds. The Bertz CT molecular complexity index is 644. The van der Waals surface area contributed by atoms with Gasteiger partial charge in [-0.3, -0.25) is 4.79 Å². The predicted octanol–water partition coefficient (Wildman–Crippen LogP) is 1.80. The third-order valence-corrected chi connectivity index (χ3v) is 6.64. The summed E-state index contributed by atoms with van der Waals surface area (Å²) in [5, 5.41) is 0. The molecule has 0 radical (unpaired) electrons. The van der Waals surface area contributed by atoms with E-state index in [1.807, 2.05) is 0 Å². The monoisotopic (exact) mass is 360 g/mol. The fourth-order valence-corrected chi connectivity index (χ4v) is 4.59. The molecule has 1 fully saturated rings. The zero-order valence-corrected chi connectivity index (χ0v) is 14.7. The minimum Gasteiger partial charge on any atom is -0.339 e. The van der Waals surface area contributed by atoms with E-state index >= 15 is 0 Å². The largest absolute Gasteiger partial charge is 0.339 e. The summed E-state index contributed by atoms with van der Waals surface area (Å²) in [6.45, 7) is 3.29. The normalized spacial score (nSPS) is 16.5. The molecule has 1 aromatic carbocycles. The molecule has 5 nitrogen and oxygen atoms in total. The van der Waals surface area contributed by atoms with Crippen molar-refractivity contribution in [2.24, 2.45) is 0 Å². The van der Waals surface area contributed by atoms with Gasteiger partial charge in [-0.15, -0.1) is 0 Å². The van der Waals surface area contributed by atoms with Crippen molar-refractivity contribution in [1.82, 2.24) is 9.21 Å². The topological polar surface area (TPSA) is 57.7 Å². The highest BCUT2D eigenvalue weighted by molar-refractivity contribution is 7.99. The van der Waals surface area contributed by atoms with Crippen LogP contribution in [0.1, 0.15) is 13.3 Å². The molecule has 1 aliphatic rings. The molecule has 8 heteroatoms. The number of piperazine rings is 1. The molecule has 0 aromatic heterocycles. The van der Waals surface area contributed by atoms with Crippen molar-refractivity contribution < 1.29 is 17.6 Å². The Morgan fingerprint density at radius 2 is 1.96 bits per heavy atom. The molecule has 0 unspecified atom stereocenters. The lowest BCUT2D eigenvalue weighted by atomic mass is 10.3. The summed E-state index contributed by atoms with van der Waals surface area (Å²) in [5.41, 5.74) is 0. The van der Waals surface area contributed by atoms with Crippen LogP contribution in [-0.2, 0) is 14.8 Å². The minimum absolute atomic E-state index is 0.0456. The van der Waals surface area contributed by atoms with Crippen LogP contribution in [0.25, 0.3) is 0 Å². The molecule has 0 N–H and O–H groups in total. The van der Waals surface area contributed by atoms with Gasteiger partial charge in [-0.25, -0.2) is 12.8 Å². The van der Waals surface area contributed by atoms with Crippen molar-refractivity contribution in [3.8, 4) is 0 Å². The van der Waals surface area contributed by atoms with Gasteiger partial charge in [-0.1, -0.05) is 13.0 Å². The minimum atomic E-state index is -3.70. The van der Waals surface area contributed by atoms with Crippen LogP contribution in [0.4, 0.5) is 4.39 Å². The van der Waals surface area contributed by atoms with Gasteiger partial charge in [-0.2, -0.15) is 16.1 Å². The van der Waals surface area contributed by atoms with Crippen molar-refractivity contribution in [3.63, 3.8) is 0 Å². The average molecular weight is 360 g/mol. The smallest absolute Gasteiger partial charge is 0.243 e. The van der Waals surface area contributed by atoms with Crippen LogP contribution >= 0.6 is 11.8 Å². The van der Waals surface area contributed by atoms with Gasteiger partial charge >= 0.3 is 0 Å². The van der Waals surface area contributed by atoms with E-state index in [1.54, 1.807) is 16.7 Å². The first kappa shape index (κ1) is 18.2. The van der Waals surface area contributed by atoms with E-state index in [-0.39, 0.29) is 23.9 Å². The third-order valence-electron chi connectivity index (χ3n) is 3.60. The van der Waals surface area contributed by atoms with E-state index in [9.17, 15) is 17.6 Å². The quantitative estimate of drug-likeness (QED) is 0.726. The fourth-order valence-electron chi connectivity index (χ4n) is 2.35. The van der Waals surface area contributed by atoms with Crippen LogP contribution in [-0.4, -0.2) is 61.2 Å². The maximum atomic E-state index is 13.2. The molecule has 1 aliphatic heterocycles. The number of hydrogen-bond acceptors (Lipinski definition) is 4. The number of nitrogens with zero attached hydrogens (tertiary/aromatic N) is 2. The van der Waals surface area contributed by atoms with Crippen molar-refractivity contribution >= 4 is 27.7 Å². The van der Waals surface area contributed by atoms with Gasteiger partial charge in [-0.05, 0) is 30.4 Å². The lowest BCUT2D eigenvalue weighted by Crippen LogP contribution is -2.51. The molecule has 0 bridgehead atoms. The fraction of sp³-hybridized carbons (Fsp3) is 0.533. The van der Waals surface area contributed by atoms with E-state index < -0.39 is 15.8 Å². The molecule has 1 heterocycles. The second-order valence-corrected chi connectivity index (χ2v) is 8.34. The number of sulfonamides is 1. The second-order valence-electron chi connectivity index (χ2n) is 5.29. The molecule has 23 heavy (non-hydrogen) atoms. The Kier molecular flexibility index (Phi) is 6.43. The van der Waals surface area contributed by atoms with E-state index in [1.165, 1.54) is 22.5 Å². The highest BCUT2D eigenvalue weighted by atomic mass is 32.2. The van der Waals surface area contributed by atoms with E-state index in [0.29, 0.717) is 18.8 Å². The Hall–Kier alpha value is -1.12. The highest BCUT2D eigenvalue weighted by Gasteiger charge is 2.30. The third kappa shape index (κ3) is 4.68. The SMILES string of the molecule is CCCSCC(=O)N1CCN(S(=O)(=O)c2cccc(F)c2)CC1. The molecule has 2 rings (SSSR count). The predicted molar refractivity (Wildman–Crippen MR) is 89.4 cm³/mol. The van der Waals surface area contributed by atoms with Crippen LogP contribution in [0.5, 0.6) is 0 Å². The van der Waals surface area contributed by atoms with Gasteiger partial charge in [0.25, 0.3) is 0 Å². The van der Waals surface area contributed by atoms with Crippen molar-refractivity contribution in [3.05, 3.63) is 30.1 Å². The zero-order chi connectivity index (χ0) is 16.9. The van der Waals surface area contributed by atoms with E-state index in [0.717, 1.165) is 18.2 Å². The molecular weight excluding hydrogens is 339 g/mol. The molecule has 0 aliphatic carbocycles. The maximum absolute atomic E-state index is 13.2.